The van der Waals surface area contributed by atoms with Gasteiger partial charge < -0.3 is 5.32 Å². The smallest absolute Gasteiger partial charge is 0.133 e. The van der Waals surface area contributed by atoms with Gasteiger partial charge in [0.15, 0.2) is 0 Å². The fraction of sp³-hybridized carbons (Fsp3) is 0.250. The van der Waals surface area contributed by atoms with Crippen molar-refractivity contribution in [3.8, 4) is 0 Å². The molecule has 0 amide bonds. The van der Waals surface area contributed by atoms with Crippen LogP contribution in [0.25, 0.3) is 10.8 Å². The van der Waals surface area contributed by atoms with Crippen molar-refractivity contribution in [3.05, 3.63) is 35.5 Å². The Morgan fingerprint density at radius 3 is 2.36 bits per heavy atom. The molecule has 1 aromatic carbocycles. The lowest BCUT2D eigenvalue weighted by molar-refractivity contribution is 1.17. The molecule has 1 aromatic heterocycles. The van der Waals surface area contributed by atoms with Crippen LogP contribution in [0.5, 0.6) is 0 Å². The third-order valence-corrected chi connectivity index (χ3v) is 2.65. The number of nitrogens with zero attached hydrogens (tertiary/aromatic N) is 1. The van der Waals surface area contributed by atoms with Crippen molar-refractivity contribution < 1.29 is 0 Å². The van der Waals surface area contributed by atoms with E-state index in [1.54, 1.807) is 0 Å². The van der Waals surface area contributed by atoms with Crippen LogP contribution >= 0.6 is 0 Å². The Bertz CT molecular complexity index is 475. The molecule has 1 heterocycles. The highest BCUT2D eigenvalue weighted by Gasteiger charge is 2.05. The molecular formula is C12H14N2. The largest absolute Gasteiger partial charge is 0.373 e. The van der Waals surface area contributed by atoms with Crippen LogP contribution in [-0.2, 0) is 0 Å². The quantitative estimate of drug-likeness (QED) is 0.740. The van der Waals surface area contributed by atoms with Gasteiger partial charge in [0.25, 0.3) is 0 Å². The molecule has 72 valence electrons. The van der Waals surface area contributed by atoms with Crippen molar-refractivity contribution in [1.29, 1.82) is 0 Å². The molecule has 0 saturated carbocycles. The van der Waals surface area contributed by atoms with E-state index in [-0.39, 0.29) is 0 Å². The molecule has 0 saturated heterocycles. The van der Waals surface area contributed by atoms with Gasteiger partial charge in [-0.1, -0.05) is 24.3 Å². The minimum atomic E-state index is 0.962. The highest BCUT2D eigenvalue weighted by atomic mass is 15.0. The molecule has 2 heteroatoms. The maximum atomic E-state index is 4.51. The van der Waals surface area contributed by atoms with Gasteiger partial charge in [-0.15, -0.1) is 0 Å². The zero-order chi connectivity index (χ0) is 10.1. The summed E-state index contributed by atoms with van der Waals surface area (Å²) in [6.45, 7) is 4.16. The van der Waals surface area contributed by atoms with E-state index < -0.39 is 0 Å². The molecule has 0 radical (unpaired) electrons. The minimum absolute atomic E-state index is 0.962. The van der Waals surface area contributed by atoms with E-state index in [4.69, 9.17) is 0 Å². The summed E-state index contributed by atoms with van der Waals surface area (Å²) in [5, 5.41) is 5.60. The summed E-state index contributed by atoms with van der Waals surface area (Å²) in [6.07, 6.45) is 0. The molecule has 0 aliphatic heterocycles. The van der Waals surface area contributed by atoms with E-state index >= 15 is 0 Å². The molecular weight excluding hydrogens is 172 g/mol. The molecule has 0 fully saturated rings. The Labute approximate surface area is 84.0 Å². The molecule has 2 rings (SSSR count). The molecule has 14 heavy (non-hydrogen) atoms. The van der Waals surface area contributed by atoms with Gasteiger partial charge in [-0.05, 0) is 24.8 Å². The number of nitrogens with one attached hydrogen (secondary N) is 1. The van der Waals surface area contributed by atoms with Crippen LogP contribution in [0.4, 0.5) is 5.82 Å². The summed E-state index contributed by atoms with van der Waals surface area (Å²) in [7, 11) is 1.91. The number of pyridine rings is 1. The number of fused-ring (bicyclic) bond motifs is 1. The summed E-state index contributed by atoms with van der Waals surface area (Å²) in [4.78, 5) is 4.51. The normalized spacial score (nSPS) is 10.5. The predicted molar refractivity (Wildman–Crippen MR) is 60.8 cm³/mol. The molecule has 0 aliphatic carbocycles. The monoisotopic (exact) mass is 186 g/mol. The van der Waals surface area contributed by atoms with E-state index in [2.05, 4.69) is 35.4 Å². The van der Waals surface area contributed by atoms with Crippen LogP contribution in [0.15, 0.2) is 24.3 Å². The van der Waals surface area contributed by atoms with Gasteiger partial charge >= 0.3 is 0 Å². The zero-order valence-electron chi connectivity index (χ0n) is 8.76. The highest BCUT2D eigenvalue weighted by Crippen LogP contribution is 2.25. The van der Waals surface area contributed by atoms with Crippen LogP contribution in [0, 0.1) is 13.8 Å². The standard InChI is InChI=1S/C12H14N2/c1-8-9(2)14-12(13-3)11-7-5-4-6-10(8)11/h4-7H,1-3H3,(H,13,14). The van der Waals surface area contributed by atoms with Gasteiger partial charge in [-0.2, -0.15) is 0 Å². The Balaban J connectivity index is 2.89. The highest BCUT2D eigenvalue weighted by molar-refractivity contribution is 5.94. The predicted octanol–water partition coefficient (Wildman–Crippen LogP) is 2.89. The molecule has 1 N–H and O–H groups in total. The van der Waals surface area contributed by atoms with E-state index in [1.165, 1.54) is 16.3 Å². The van der Waals surface area contributed by atoms with Crippen LogP contribution in [0.3, 0.4) is 0 Å². The van der Waals surface area contributed by atoms with Crippen molar-refractivity contribution in [2.24, 2.45) is 0 Å². The second kappa shape index (κ2) is 3.29. The van der Waals surface area contributed by atoms with Crippen molar-refractivity contribution in [2.45, 2.75) is 13.8 Å². The van der Waals surface area contributed by atoms with Crippen molar-refractivity contribution >= 4 is 16.6 Å². The fourth-order valence-electron chi connectivity index (χ4n) is 1.71. The number of hydrogen-bond donors (Lipinski definition) is 1. The van der Waals surface area contributed by atoms with Gasteiger partial charge in [-0.3, -0.25) is 0 Å². The lowest BCUT2D eigenvalue weighted by Crippen LogP contribution is -1.97. The van der Waals surface area contributed by atoms with Gasteiger partial charge in [0.05, 0.1) is 0 Å². The van der Waals surface area contributed by atoms with Crippen molar-refractivity contribution in [3.63, 3.8) is 0 Å². The van der Waals surface area contributed by atoms with Crippen LogP contribution in [0.1, 0.15) is 11.3 Å². The zero-order valence-corrected chi connectivity index (χ0v) is 8.76. The molecule has 0 bridgehead atoms. The Kier molecular flexibility index (Phi) is 2.12. The van der Waals surface area contributed by atoms with Gasteiger partial charge in [-0.25, -0.2) is 4.98 Å². The Morgan fingerprint density at radius 1 is 1.07 bits per heavy atom. The summed E-state index contributed by atoms with van der Waals surface area (Å²) < 4.78 is 0. The number of aromatic nitrogens is 1. The summed E-state index contributed by atoms with van der Waals surface area (Å²) >= 11 is 0. The lowest BCUT2D eigenvalue weighted by Gasteiger charge is -2.09. The van der Waals surface area contributed by atoms with Crippen LogP contribution in [0.2, 0.25) is 0 Å². The molecule has 2 nitrogen and oxygen atoms in total. The number of aryl methyl sites for hydroxylation is 2. The SMILES string of the molecule is CNc1nc(C)c(C)c2ccccc12. The number of rotatable bonds is 1. The van der Waals surface area contributed by atoms with E-state index in [9.17, 15) is 0 Å². The maximum absolute atomic E-state index is 4.51. The first-order valence-corrected chi connectivity index (χ1v) is 4.77. The molecule has 0 atom stereocenters. The second-order valence-electron chi connectivity index (χ2n) is 3.47. The summed E-state index contributed by atoms with van der Waals surface area (Å²) in [6, 6.07) is 8.34. The first kappa shape index (κ1) is 9.00. The van der Waals surface area contributed by atoms with Gasteiger partial charge in [0.2, 0.25) is 0 Å². The van der Waals surface area contributed by atoms with Gasteiger partial charge in [0, 0.05) is 18.1 Å². The van der Waals surface area contributed by atoms with E-state index in [0.717, 1.165) is 11.5 Å². The third kappa shape index (κ3) is 1.23. The third-order valence-electron chi connectivity index (χ3n) is 2.65. The first-order valence-electron chi connectivity index (χ1n) is 4.77. The van der Waals surface area contributed by atoms with Crippen LogP contribution < -0.4 is 5.32 Å². The van der Waals surface area contributed by atoms with Crippen molar-refractivity contribution in [1.82, 2.24) is 4.98 Å². The maximum Gasteiger partial charge on any atom is 0.133 e. The summed E-state index contributed by atoms with van der Waals surface area (Å²) in [5.74, 6) is 0.962. The Morgan fingerprint density at radius 2 is 1.71 bits per heavy atom. The topological polar surface area (TPSA) is 24.9 Å². The van der Waals surface area contributed by atoms with E-state index in [1.807, 2.05) is 20.0 Å². The van der Waals surface area contributed by atoms with Crippen molar-refractivity contribution in [2.75, 3.05) is 12.4 Å². The number of benzene rings is 1. The molecule has 0 aliphatic rings. The van der Waals surface area contributed by atoms with Gasteiger partial charge in [0.1, 0.15) is 5.82 Å². The van der Waals surface area contributed by atoms with Crippen LogP contribution in [-0.4, -0.2) is 12.0 Å². The average Bonchev–Trinajstić information content (AvgIpc) is 2.23. The molecule has 0 spiro atoms. The Hall–Kier alpha value is -1.57. The lowest BCUT2D eigenvalue weighted by atomic mass is 10.1. The minimum Gasteiger partial charge on any atom is -0.373 e. The van der Waals surface area contributed by atoms with E-state index in [0.29, 0.717) is 0 Å². The molecule has 2 aromatic rings. The number of anilines is 1. The average molecular weight is 186 g/mol. The first-order chi connectivity index (χ1) is 6.74. The second-order valence-corrected chi connectivity index (χ2v) is 3.47. The molecule has 0 unspecified atom stereocenters. The summed E-state index contributed by atoms with van der Waals surface area (Å²) in [5.41, 5.74) is 2.35. The number of hydrogen-bond acceptors (Lipinski definition) is 2. The fourth-order valence-corrected chi connectivity index (χ4v) is 1.71.